The van der Waals surface area contributed by atoms with Gasteiger partial charge in [-0.15, -0.1) is 0 Å². The first-order chi connectivity index (χ1) is 10.1. The number of halogens is 4. The minimum atomic E-state index is -1.99. The fourth-order valence-electron chi connectivity index (χ4n) is 1.34. The zero-order valence-corrected chi connectivity index (χ0v) is 14.0. The lowest BCUT2D eigenvalue weighted by Gasteiger charge is -2.23. The van der Waals surface area contributed by atoms with Crippen molar-refractivity contribution in [1.29, 1.82) is 0 Å². The third kappa shape index (κ3) is 4.92. The third-order valence-corrected chi connectivity index (χ3v) is 3.51. The quantitative estimate of drug-likeness (QED) is 0.417. The van der Waals surface area contributed by atoms with Crippen LogP contribution in [0, 0.1) is 0 Å². The molecule has 0 atom stereocenters. The minimum absolute atomic E-state index is 0.156. The first-order valence-corrected chi connectivity index (χ1v) is 7.21. The zero-order valence-electron chi connectivity index (χ0n) is 11.0. The van der Waals surface area contributed by atoms with Gasteiger partial charge in [0.25, 0.3) is 9.04 Å². The molecule has 0 aromatic heterocycles. The van der Waals surface area contributed by atoms with E-state index in [2.05, 4.69) is 13.2 Å². The molecule has 0 amide bonds. The first kappa shape index (κ1) is 18.8. The van der Waals surface area contributed by atoms with Gasteiger partial charge in [-0.25, -0.2) is 9.59 Å². The van der Waals surface area contributed by atoms with Crippen molar-refractivity contribution in [2.75, 3.05) is 0 Å². The summed E-state index contributed by atoms with van der Waals surface area (Å²) >= 11 is 23.8. The van der Waals surface area contributed by atoms with Crippen molar-refractivity contribution in [1.82, 2.24) is 0 Å². The maximum atomic E-state index is 11.2. The molecule has 0 saturated carbocycles. The van der Waals surface area contributed by atoms with Crippen molar-refractivity contribution >= 4 is 58.3 Å². The maximum absolute atomic E-state index is 11.2. The van der Waals surface area contributed by atoms with Crippen molar-refractivity contribution in [3.8, 4) is 0 Å². The topological polar surface area (TPSA) is 52.6 Å². The molecule has 1 aromatic carbocycles. The van der Waals surface area contributed by atoms with Crippen LogP contribution in [-0.2, 0) is 28.1 Å². The number of hydrogen-bond donors (Lipinski definition) is 0. The SMILES string of the molecule is C=CC(=O)OC(Cl)(Cl)c1cccc(C(Cl)(Cl)OC(=O)C=C)c1. The Morgan fingerprint density at radius 3 is 1.59 bits per heavy atom. The van der Waals surface area contributed by atoms with E-state index in [4.69, 9.17) is 55.9 Å². The lowest BCUT2D eigenvalue weighted by Crippen LogP contribution is -2.22. The predicted octanol–water partition coefficient (Wildman–Crippen LogP) is 4.32. The Kier molecular flexibility index (Phi) is 6.32. The van der Waals surface area contributed by atoms with E-state index >= 15 is 0 Å². The highest BCUT2D eigenvalue weighted by Gasteiger charge is 2.35. The summed E-state index contributed by atoms with van der Waals surface area (Å²) in [5.74, 6) is -1.65. The summed E-state index contributed by atoms with van der Waals surface area (Å²) in [6, 6.07) is 5.76. The molecule has 22 heavy (non-hydrogen) atoms. The number of hydrogen-bond acceptors (Lipinski definition) is 4. The van der Waals surface area contributed by atoms with Crippen LogP contribution in [0.5, 0.6) is 0 Å². The molecule has 0 saturated heterocycles. The number of benzene rings is 1. The Labute approximate surface area is 147 Å². The number of alkyl halides is 4. The largest absolute Gasteiger partial charge is 0.421 e. The fourth-order valence-corrected chi connectivity index (χ4v) is 2.11. The molecule has 0 aliphatic rings. The lowest BCUT2D eigenvalue weighted by atomic mass is 10.1. The molecule has 1 rings (SSSR count). The number of esters is 2. The van der Waals surface area contributed by atoms with E-state index in [1.165, 1.54) is 24.3 Å². The van der Waals surface area contributed by atoms with Gasteiger partial charge < -0.3 is 9.47 Å². The van der Waals surface area contributed by atoms with Gasteiger partial charge in [0, 0.05) is 23.3 Å². The Bertz CT molecular complexity index is 561. The normalized spacial score (nSPS) is 11.5. The van der Waals surface area contributed by atoms with Gasteiger partial charge in [0.05, 0.1) is 0 Å². The second-order valence-corrected chi connectivity index (χ2v) is 6.38. The molecule has 0 spiro atoms. The zero-order chi connectivity index (χ0) is 17.0. The van der Waals surface area contributed by atoms with Gasteiger partial charge in [0.2, 0.25) is 0 Å². The van der Waals surface area contributed by atoms with Crippen molar-refractivity contribution in [2.45, 2.75) is 9.04 Å². The molecule has 0 aliphatic carbocycles. The number of carbonyl (C=O) groups is 2. The molecule has 0 aliphatic heterocycles. The summed E-state index contributed by atoms with van der Waals surface area (Å²) in [6.07, 6.45) is 1.81. The average molecular weight is 384 g/mol. The highest BCUT2D eigenvalue weighted by molar-refractivity contribution is 6.48. The van der Waals surface area contributed by atoms with E-state index in [-0.39, 0.29) is 11.1 Å². The average Bonchev–Trinajstić information content (AvgIpc) is 2.46. The summed E-state index contributed by atoms with van der Waals surface area (Å²) < 4.78 is 5.63. The summed E-state index contributed by atoms with van der Waals surface area (Å²) in [7, 11) is 0. The van der Waals surface area contributed by atoms with Crippen LogP contribution in [0.1, 0.15) is 11.1 Å². The van der Waals surface area contributed by atoms with E-state index in [1.807, 2.05) is 0 Å². The number of carbonyl (C=O) groups excluding carboxylic acids is 2. The van der Waals surface area contributed by atoms with Crippen LogP contribution in [0.4, 0.5) is 0 Å². The monoisotopic (exact) mass is 382 g/mol. The van der Waals surface area contributed by atoms with Crippen LogP contribution in [0.2, 0.25) is 0 Å². The molecule has 1 aromatic rings. The summed E-state index contributed by atoms with van der Waals surface area (Å²) in [4.78, 5) is 22.5. The van der Waals surface area contributed by atoms with Crippen LogP contribution >= 0.6 is 46.4 Å². The van der Waals surface area contributed by atoms with Gasteiger partial charge >= 0.3 is 11.9 Å². The second-order valence-electron chi connectivity index (χ2n) is 3.86. The van der Waals surface area contributed by atoms with Gasteiger partial charge in [0.15, 0.2) is 0 Å². The summed E-state index contributed by atoms with van der Waals surface area (Å²) in [5, 5.41) is 0. The van der Waals surface area contributed by atoms with E-state index < -0.39 is 21.0 Å². The molecule has 0 radical (unpaired) electrons. The van der Waals surface area contributed by atoms with Crippen molar-refractivity contribution in [2.24, 2.45) is 0 Å². The minimum Gasteiger partial charge on any atom is -0.421 e. The van der Waals surface area contributed by atoms with Crippen LogP contribution in [0.15, 0.2) is 49.6 Å². The van der Waals surface area contributed by atoms with Crippen molar-refractivity contribution in [3.63, 3.8) is 0 Å². The van der Waals surface area contributed by atoms with Crippen molar-refractivity contribution in [3.05, 3.63) is 60.7 Å². The molecule has 0 bridgehead atoms. The molecule has 8 heteroatoms. The molecular weight excluding hydrogens is 374 g/mol. The molecule has 0 N–H and O–H groups in total. The smallest absolute Gasteiger partial charge is 0.333 e. The molecule has 0 heterocycles. The van der Waals surface area contributed by atoms with Crippen LogP contribution in [0.25, 0.3) is 0 Å². The Balaban J connectivity index is 3.12. The summed E-state index contributed by atoms with van der Waals surface area (Å²) in [5.41, 5.74) is 0.313. The van der Waals surface area contributed by atoms with Crippen LogP contribution in [0.3, 0.4) is 0 Å². The van der Waals surface area contributed by atoms with E-state index in [1.54, 1.807) is 0 Å². The molecular formula is C14H10Cl4O4. The van der Waals surface area contributed by atoms with E-state index in [0.717, 1.165) is 12.2 Å². The molecule has 118 valence electrons. The number of ether oxygens (including phenoxy) is 2. The maximum Gasteiger partial charge on any atom is 0.333 e. The van der Waals surface area contributed by atoms with Gasteiger partial charge in [-0.2, -0.15) is 0 Å². The predicted molar refractivity (Wildman–Crippen MR) is 85.8 cm³/mol. The number of rotatable bonds is 6. The Hall–Kier alpha value is -1.20. The highest BCUT2D eigenvalue weighted by Crippen LogP contribution is 2.40. The van der Waals surface area contributed by atoms with E-state index in [0.29, 0.717) is 0 Å². The molecule has 0 unspecified atom stereocenters. The van der Waals surface area contributed by atoms with Gasteiger partial charge in [-0.05, 0) is 6.07 Å². The second kappa shape index (κ2) is 7.38. The Morgan fingerprint density at radius 2 is 1.27 bits per heavy atom. The third-order valence-electron chi connectivity index (χ3n) is 2.33. The standard InChI is InChI=1S/C14H10Cl4O4/c1-3-11(19)21-13(15,16)9-6-5-7-10(8-9)14(17,18)22-12(20)4-2/h3-8H,1-2H2. The molecule has 0 fully saturated rings. The van der Waals surface area contributed by atoms with Crippen LogP contribution in [-0.4, -0.2) is 11.9 Å². The highest BCUT2D eigenvalue weighted by atomic mass is 35.5. The fraction of sp³-hybridized carbons (Fsp3) is 0.143. The van der Waals surface area contributed by atoms with Crippen molar-refractivity contribution < 1.29 is 19.1 Å². The van der Waals surface area contributed by atoms with E-state index in [9.17, 15) is 9.59 Å². The molecule has 4 nitrogen and oxygen atoms in total. The first-order valence-electron chi connectivity index (χ1n) is 5.70. The van der Waals surface area contributed by atoms with Crippen LogP contribution < -0.4 is 0 Å². The van der Waals surface area contributed by atoms with Gasteiger partial charge in [-0.3, -0.25) is 0 Å². The summed E-state index contributed by atoms with van der Waals surface area (Å²) in [6.45, 7) is 6.47. The van der Waals surface area contributed by atoms with Gasteiger partial charge in [0.1, 0.15) is 0 Å². The Morgan fingerprint density at radius 1 is 0.909 bits per heavy atom. The van der Waals surface area contributed by atoms with Gasteiger partial charge in [-0.1, -0.05) is 77.8 Å². The lowest BCUT2D eigenvalue weighted by molar-refractivity contribution is -0.142.